The third-order valence-electron chi connectivity index (χ3n) is 6.26. The zero-order chi connectivity index (χ0) is 23.5. The summed E-state index contributed by atoms with van der Waals surface area (Å²) in [6, 6.07) is 13.6. The number of fused-ring (bicyclic) bond motifs is 3. The maximum atomic E-state index is 12.7. The van der Waals surface area contributed by atoms with Crippen LogP contribution in [0.2, 0.25) is 0 Å². The molecule has 4 rings (SSSR count). The first-order valence-electron chi connectivity index (χ1n) is 11.2. The van der Waals surface area contributed by atoms with Gasteiger partial charge in [-0.25, -0.2) is 9.59 Å². The number of carbonyl (C=O) groups is 3. The van der Waals surface area contributed by atoms with Crippen molar-refractivity contribution < 1.29 is 29.3 Å². The van der Waals surface area contributed by atoms with E-state index in [1.165, 1.54) is 6.92 Å². The molecule has 0 radical (unpaired) electrons. The number of aliphatic carboxylic acids is 1. The fraction of sp³-hybridized carbons (Fsp3) is 0.400. The van der Waals surface area contributed by atoms with Gasteiger partial charge in [-0.05, 0) is 41.5 Å². The Morgan fingerprint density at radius 3 is 2.09 bits per heavy atom. The van der Waals surface area contributed by atoms with Crippen LogP contribution in [0.25, 0.3) is 11.1 Å². The second kappa shape index (κ2) is 9.62. The smallest absolute Gasteiger partial charge is 0.407 e. The molecule has 33 heavy (non-hydrogen) atoms. The van der Waals surface area contributed by atoms with Gasteiger partial charge in [0.2, 0.25) is 5.91 Å². The number of carboxylic acid groups (broad SMARTS) is 1. The predicted octanol–water partition coefficient (Wildman–Crippen LogP) is 2.64. The van der Waals surface area contributed by atoms with Crippen LogP contribution in [0.5, 0.6) is 0 Å². The Morgan fingerprint density at radius 1 is 1.00 bits per heavy atom. The number of benzene rings is 2. The van der Waals surface area contributed by atoms with Crippen molar-refractivity contribution in [3.05, 3.63) is 59.7 Å². The van der Waals surface area contributed by atoms with Gasteiger partial charge in [0, 0.05) is 5.92 Å². The molecule has 8 nitrogen and oxygen atoms in total. The summed E-state index contributed by atoms with van der Waals surface area (Å²) >= 11 is 0. The van der Waals surface area contributed by atoms with E-state index in [0.29, 0.717) is 12.3 Å². The lowest BCUT2D eigenvalue weighted by Gasteiger charge is -2.23. The van der Waals surface area contributed by atoms with Gasteiger partial charge >= 0.3 is 12.1 Å². The Morgan fingerprint density at radius 2 is 1.58 bits per heavy atom. The maximum absolute atomic E-state index is 12.7. The highest BCUT2D eigenvalue weighted by molar-refractivity contribution is 5.89. The molecular formula is C25H28N2O6. The van der Waals surface area contributed by atoms with E-state index in [0.717, 1.165) is 35.1 Å². The minimum absolute atomic E-state index is 0.106. The second-order valence-electron chi connectivity index (χ2n) is 8.77. The van der Waals surface area contributed by atoms with E-state index in [1.54, 1.807) is 0 Å². The lowest BCUT2D eigenvalue weighted by atomic mass is 9.98. The van der Waals surface area contributed by atoms with Gasteiger partial charge in [-0.2, -0.15) is 0 Å². The molecule has 2 aliphatic rings. The summed E-state index contributed by atoms with van der Waals surface area (Å²) in [5, 5.41) is 23.8. The lowest BCUT2D eigenvalue weighted by molar-refractivity contribution is -0.145. The summed E-state index contributed by atoms with van der Waals surface area (Å²) in [6.07, 6.45) is 0.287. The average molecular weight is 453 g/mol. The number of nitrogens with one attached hydrogen (secondary N) is 2. The van der Waals surface area contributed by atoms with E-state index in [9.17, 15) is 24.6 Å². The van der Waals surface area contributed by atoms with Gasteiger partial charge in [-0.1, -0.05) is 61.4 Å². The summed E-state index contributed by atoms with van der Waals surface area (Å²) in [5.41, 5.74) is 4.40. The number of rotatable bonds is 9. The number of hydrogen-bond donors (Lipinski definition) is 4. The third kappa shape index (κ3) is 5.17. The second-order valence-corrected chi connectivity index (χ2v) is 8.77. The van der Waals surface area contributed by atoms with Gasteiger partial charge in [-0.3, -0.25) is 4.79 Å². The van der Waals surface area contributed by atoms with E-state index in [-0.39, 0.29) is 12.5 Å². The Labute approximate surface area is 192 Å². The molecule has 8 heteroatoms. The van der Waals surface area contributed by atoms with E-state index >= 15 is 0 Å². The summed E-state index contributed by atoms with van der Waals surface area (Å²) in [6.45, 7) is 1.40. The number of amides is 2. The molecule has 2 aromatic carbocycles. The van der Waals surface area contributed by atoms with Gasteiger partial charge in [0.1, 0.15) is 12.6 Å². The van der Waals surface area contributed by atoms with Gasteiger partial charge in [0.15, 0.2) is 6.04 Å². The van der Waals surface area contributed by atoms with Crippen LogP contribution >= 0.6 is 0 Å². The van der Waals surface area contributed by atoms with E-state index in [4.69, 9.17) is 4.74 Å². The van der Waals surface area contributed by atoms with Crippen molar-refractivity contribution >= 4 is 18.0 Å². The van der Waals surface area contributed by atoms with Crippen molar-refractivity contribution in [3.63, 3.8) is 0 Å². The zero-order valence-electron chi connectivity index (χ0n) is 18.4. The number of hydrogen-bond acceptors (Lipinski definition) is 5. The number of ether oxygens (including phenoxy) is 1. The fourth-order valence-electron chi connectivity index (χ4n) is 4.34. The first kappa shape index (κ1) is 22.8. The molecule has 174 valence electrons. The molecule has 0 bridgehead atoms. The highest BCUT2D eigenvalue weighted by atomic mass is 16.5. The SMILES string of the molecule is C[C@@H](O)[C@H](NC(=O)C(CC1CC1)NC(=O)OCC1c2ccccc2-c2ccccc21)C(=O)O. The lowest BCUT2D eigenvalue weighted by Crippen LogP contribution is -2.55. The third-order valence-corrected chi connectivity index (χ3v) is 6.26. The molecule has 3 atom stereocenters. The Hall–Kier alpha value is -3.39. The summed E-state index contributed by atoms with van der Waals surface area (Å²) in [7, 11) is 0. The zero-order valence-corrected chi connectivity index (χ0v) is 18.4. The van der Waals surface area contributed by atoms with E-state index in [2.05, 4.69) is 10.6 Å². The van der Waals surface area contributed by atoms with Crippen molar-refractivity contribution in [2.45, 2.75) is 50.3 Å². The van der Waals surface area contributed by atoms with Crippen LogP contribution in [0.15, 0.2) is 48.5 Å². The molecule has 4 N–H and O–H groups in total. The molecule has 1 unspecified atom stereocenters. The molecular weight excluding hydrogens is 424 g/mol. The van der Waals surface area contributed by atoms with E-state index < -0.39 is 36.2 Å². The monoisotopic (exact) mass is 452 g/mol. The van der Waals surface area contributed by atoms with Crippen LogP contribution in [-0.4, -0.2) is 53.0 Å². The number of aliphatic hydroxyl groups is 1. The van der Waals surface area contributed by atoms with Crippen LogP contribution in [-0.2, 0) is 14.3 Å². The van der Waals surface area contributed by atoms with Crippen molar-refractivity contribution in [2.24, 2.45) is 5.92 Å². The Balaban J connectivity index is 1.41. The first-order valence-corrected chi connectivity index (χ1v) is 11.2. The van der Waals surface area contributed by atoms with Gasteiger partial charge in [0.05, 0.1) is 6.10 Å². The average Bonchev–Trinajstić information content (AvgIpc) is 3.55. The molecule has 2 aliphatic carbocycles. The molecule has 0 saturated heterocycles. The van der Waals surface area contributed by atoms with Crippen LogP contribution in [0.3, 0.4) is 0 Å². The molecule has 1 saturated carbocycles. The summed E-state index contributed by atoms with van der Waals surface area (Å²) in [5.74, 6) is -1.80. The van der Waals surface area contributed by atoms with Crippen molar-refractivity contribution in [2.75, 3.05) is 6.61 Å². The number of carboxylic acids is 1. The van der Waals surface area contributed by atoms with Crippen molar-refractivity contribution in [3.8, 4) is 11.1 Å². The molecule has 0 aromatic heterocycles. The molecule has 1 fully saturated rings. The van der Waals surface area contributed by atoms with Crippen LogP contribution in [0, 0.1) is 5.92 Å². The molecule has 2 aromatic rings. The van der Waals surface area contributed by atoms with Crippen molar-refractivity contribution in [1.29, 1.82) is 0 Å². The maximum Gasteiger partial charge on any atom is 0.407 e. The highest BCUT2D eigenvalue weighted by Gasteiger charge is 2.35. The molecule has 0 aliphatic heterocycles. The normalized spacial score (nSPS) is 17.3. The number of aliphatic hydroxyl groups excluding tert-OH is 1. The van der Waals surface area contributed by atoms with Crippen molar-refractivity contribution in [1.82, 2.24) is 10.6 Å². The molecule has 0 spiro atoms. The summed E-state index contributed by atoms with van der Waals surface area (Å²) in [4.78, 5) is 36.6. The minimum atomic E-state index is -1.46. The largest absolute Gasteiger partial charge is 0.480 e. The quantitative estimate of drug-likeness (QED) is 0.464. The fourth-order valence-corrected chi connectivity index (χ4v) is 4.34. The summed E-state index contributed by atoms with van der Waals surface area (Å²) < 4.78 is 5.53. The topological polar surface area (TPSA) is 125 Å². The van der Waals surface area contributed by atoms with Crippen LogP contribution in [0.1, 0.15) is 43.2 Å². The Bertz CT molecular complexity index is 1000. The van der Waals surface area contributed by atoms with Gasteiger partial charge in [-0.15, -0.1) is 0 Å². The number of alkyl carbamates (subject to hydrolysis) is 1. The standard InChI is InChI=1S/C25H28N2O6/c1-14(28)22(24(30)31)27-23(29)21(12-15-10-11-15)26-25(32)33-13-20-18-8-4-2-6-16(18)17-7-3-5-9-19(17)20/h2-9,14-15,20-22,28H,10-13H2,1H3,(H,26,32)(H,27,29)(H,30,31)/t14-,21?,22+/m1/s1. The van der Waals surface area contributed by atoms with Gasteiger partial charge in [0.25, 0.3) is 0 Å². The Kier molecular flexibility index (Phi) is 6.65. The van der Waals surface area contributed by atoms with Crippen LogP contribution in [0.4, 0.5) is 4.79 Å². The minimum Gasteiger partial charge on any atom is -0.480 e. The first-order chi connectivity index (χ1) is 15.8. The predicted molar refractivity (Wildman–Crippen MR) is 121 cm³/mol. The van der Waals surface area contributed by atoms with Crippen LogP contribution < -0.4 is 10.6 Å². The number of carbonyl (C=O) groups excluding carboxylic acids is 2. The van der Waals surface area contributed by atoms with Gasteiger partial charge < -0.3 is 25.6 Å². The highest BCUT2D eigenvalue weighted by Crippen LogP contribution is 2.44. The van der Waals surface area contributed by atoms with E-state index in [1.807, 2.05) is 48.5 Å². The molecule has 2 amide bonds. The molecule has 0 heterocycles.